The molecule has 2 aliphatic rings. The van der Waals surface area contributed by atoms with E-state index in [1.807, 2.05) is 54.2 Å². The molecule has 0 bridgehead atoms. The molecule has 1 N–H and O–H groups in total. The first-order valence-corrected chi connectivity index (χ1v) is 8.69. The van der Waals surface area contributed by atoms with E-state index in [-0.39, 0.29) is 31.1 Å². The summed E-state index contributed by atoms with van der Waals surface area (Å²) in [6.07, 6.45) is -0.0954. The number of hydrogen-bond acceptors (Lipinski definition) is 3. The van der Waals surface area contributed by atoms with Gasteiger partial charge in [0.1, 0.15) is 0 Å². The number of carbonyl (C=O) groups is 1. The van der Waals surface area contributed by atoms with Gasteiger partial charge in [-0.15, -0.1) is 0 Å². The summed E-state index contributed by atoms with van der Waals surface area (Å²) in [5.41, 5.74) is 1.04. The Kier molecular flexibility index (Phi) is 5.24. The van der Waals surface area contributed by atoms with E-state index in [1.165, 1.54) is 0 Å². The Labute approximate surface area is 147 Å². The van der Waals surface area contributed by atoms with Crippen LogP contribution >= 0.6 is 0 Å². The van der Waals surface area contributed by atoms with E-state index >= 15 is 0 Å². The lowest BCUT2D eigenvalue weighted by molar-refractivity contribution is -0.00702. The van der Waals surface area contributed by atoms with Gasteiger partial charge in [-0.1, -0.05) is 30.3 Å². The van der Waals surface area contributed by atoms with Crippen molar-refractivity contribution in [3.8, 4) is 0 Å². The summed E-state index contributed by atoms with van der Waals surface area (Å²) in [5, 5.41) is 2.88. The van der Waals surface area contributed by atoms with Gasteiger partial charge in [0.25, 0.3) is 5.92 Å². The van der Waals surface area contributed by atoms with Crippen molar-refractivity contribution in [3.05, 3.63) is 35.9 Å². The molecule has 0 unspecified atom stereocenters. The van der Waals surface area contributed by atoms with Crippen LogP contribution in [0.15, 0.2) is 30.3 Å². The monoisotopic (exact) mass is 352 g/mol. The molecule has 2 heterocycles. The number of likely N-dealkylation sites (N-methyl/N-ethyl adjacent to an activating group) is 1. The fraction of sp³-hybridized carbons (Fsp3) is 0.611. The highest BCUT2D eigenvalue weighted by molar-refractivity contribution is 5.75. The van der Waals surface area contributed by atoms with Crippen LogP contribution in [0.5, 0.6) is 0 Å². The Hall–Kier alpha value is -1.73. The van der Waals surface area contributed by atoms with Crippen LogP contribution in [0.4, 0.5) is 13.6 Å². The first kappa shape index (κ1) is 18.1. The van der Waals surface area contributed by atoms with Crippen molar-refractivity contribution in [2.45, 2.75) is 31.0 Å². The molecular weight excluding hydrogens is 326 g/mol. The number of alkyl halides is 2. The van der Waals surface area contributed by atoms with Crippen molar-refractivity contribution in [2.24, 2.45) is 0 Å². The second-order valence-electron chi connectivity index (χ2n) is 7.35. The van der Waals surface area contributed by atoms with Crippen LogP contribution in [0.2, 0.25) is 0 Å². The molecule has 0 radical (unpaired) electrons. The zero-order valence-corrected chi connectivity index (χ0v) is 14.8. The molecule has 5 nitrogen and oxygen atoms in total. The summed E-state index contributed by atoms with van der Waals surface area (Å²) in [6, 6.07) is 9.45. The molecule has 0 spiro atoms. The van der Waals surface area contributed by atoms with E-state index in [9.17, 15) is 13.6 Å². The molecule has 1 aromatic rings. The summed E-state index contributed by atoms with van der Waals surface area (Å²) in [5.74, 6) is -2.63. The Morgan fingerprint density at radius 1 is 1.28 bits per heavy atom. The lowest BCUT2D eigenvalue weighted by Crippen LogP contribution is -2.64. The molecule has 0 saturated carbocycles. The highest BCUT2D eigenvalue weighted by Crippen LogP contribution is 2.35. The van der Waals surface area contributed by atoms with Crippen LogP contribution in [-0.4, -0.2) is 79.0 Å². The fourth-order valence-corrected chi connectivity index (χ4v) is 3.66. The third-order valence-electron chi connectivity index (χ3n) is 4.90. The predicted molar refractivity (Wildman–Crippen MR) is 92.7 cm³/mol. The second-order valence-corrected chi connectivity index (χ2v) is 7.35. The third kappa shape index (κ3) is 4.46. The highest BCUT2D eigenvalue weighted by atomic mass is 19.3. The van der Waals surface area contributed by atoms with Crippen molar-refractivity contribution in [1.82, 2.24) is 20.0 Å². The van der Waals surface area contributed by atoms with Crippen LogP contribution in [-0.2, 0) is 6.54 Å². The number of rotatable bonds is 5. The van der Waals surface area contributed by atoms with E-state index in [2.05, 4.69) is 5.32 Å². The van der Waals surface area contributed by atoms with E-state index in [1.54, 1.807) is 4.90 Å². The molecule has 25 heavy (non-hydrogen) atoms. The third-order valence-corrected chi connectivity index (χ3v) is 4.90. The smallest absolute Gasteiger partial charge is 0.317 e. The van der Waals surface area contributed by atoms with Gasteiger partial charge in [0.2, 0.25) is 0 Å². The molecule has 2 aliphatic heterocycles. The van der Waals surface area contributed by atoms with Gasteiger partial charge >= 0.3 is 6.03 Å². The molecule has 0 aromatic heterocycles. The van der Waals surface area contributed by atoms with Crippen molar-refractivity contribution in [1.29, 1.82) is 0 Å². The summed E-state index contributed by atoms with van der Waals surface area (Å²) < 4.78 is 27.7. The SMILES string of the molecule is CN(C)C[C@@H]1CC(F)(F)CN1C1CN(C(=O)NCc2ccccc2)C1. The van der Waals surface area contributed by atoms with E-state index in [0.717, 1.165) is 5.56 Å². The largest absolute Gasteiger partial charge is 0.334 e. The molecule has 1 aromatic carbocycles. The van der Waals surface area contributed by atoms with E-state index in [4.69, 9.17) is 0 Å². The van der Waals surface area contributed by atoms with Crippen LogP contribution in [0.25, 0.3) is 0 Å². The summed E-state index contributed by atoms with van der Waals surface area (Å²) >= 11 is 0. The van der Waals surface area contributed by atoms with Crippen LogP contribution in [0.1, 0.15) is 12.0 Å². The van der Waals surface area contributed by atoms with Crippen LogP contribution < -0.4 is 5.32 Å². The number of carbonyl (C=O) groups excluding carboxylic acids is 1. The van der Waals surface area contributed by atoms with Gasteiger partial charge in [0, 0.05) is 44.7 Å². The molecule has 2 saturated heterocycles. The minimum atomic E-state index is -2.63. The standard InChI is InChI=1S/C18H26F2N4O/c1-22(2)10-15-8-18(19,20)13-24(15)16-11-23(12-16)17(25)21-9-14-6-4-3-5-7-14/h3-7,15-16H,8-13H2,1-2H3,(H,21,25)/t15-/m0/s1. The summed E-state index contributed by atoms with van der Waals surface area (Å²) in [7, 11) is 3.80. The van der Waals surface area contributed by atoms with Gasteiger partial charge < -0.3 is 15.1 Å². The minimum Gasteiger partial charge on any atom is -0.334 e. The van der Waals surface area contributed by atoms with E-state index < -0.39 is 5.92 Å². The molecule has 0 aliphatic carbocycles. The summed E-state index contributed by atoms with van der Waals surface area (Å²) in [4.78, 5) is 17.7. The number of nitrogens with zero attached hydrogens (tertiary/aromatic N) is 3. The van der Waals surface area contributed by atoms with E-state index in [0.29, 0.717) is 26.2 Å². The number of benzene rings is 1. The Morgan fingerprint density at radius 2 is 1.96 bits per heavy atom. The molecule has 7 heteroatoms. The normalized spacial score (nSPS) is 23.7. The summed E-state index contributed by atoms with van der Waals surface area (Å²) in [6.45, 7) is 1.93. The first-order valence-electron chi connectivity index (χ1n) is 8.69. The van der Waals surface area contributed by atoms with Gasteiger partial charge in [-0.2, -0.15) is 0 Å². The van der Waals surface area contributed by atoms with Crippen molar-refractivity contribution in [3.63, 3.8) is 0 Å². The topological polar surface area (TPSA) is 38.8 Å². The number of hydrogen-bond donors (Lipinski definition) is 1. The predicted octanol–water partition coefficient (Wildman–Crippen LogP) is 1.85. The minimum absolute atomic E-state index is 0.0285. The maximum absolute atomic E-state index is 13.8. The Bertz CT molecular complexity index is 590. The zero-order valence-electron chi connectivity index (χ0n) is 14.8. The molecule has 1 atom stereocenters. The Morgan fingerprint density at radius 3 is 2.60 bits per heavy atom. The van der Waals surface area contributed by atoms with Crippen LogP contribution in [0, 0.1) is 0 Å². The fourth-order valence-electron chi connectivity index (χ4n) is 3.66. The van der Waals surface area contributed by atoms with Gasteiger partial charge in [0.05, 0.1) is 6.54 Å². The lowest BCUT2D eigenvalue weighted by Gasteiger charge is -2.46. The zero-order chi connectivity index (χ0) is 18.0. The average molecular weight is 352 g/mol. The van der Waals surface area contributed by atoms with Gasteiger partial charge in [-0.3, -0.25) is 4.90 Å². The maximum atomic E-state index is 13.8. The Balaban J connectivity index is 1.48. The number of likely N-dealkylation sites (tertiary alicyclic amines) is 2. The van der Waals surface area contributed by atoms with Crippen molar-refractivity contribution < 1.29 is 13.6 Å². The highest BCUT2D eigenvalue weighted by Gasteiger charge is 2.50. The van der Waals surface area contributed by atoms with Gasteiger partial charge in [0.15, 0.2) is 0 Å². The molecular formula is C18H26F2N4O. The van der Waals surface area contributed by atoms with Crippen molar-refractivity contribution >= 4 is 6.03 Å². The average Bonchev–Trinajstić information content (AvgIpc) is 2.78. The van der Waals surface area contributed by atoms with Crippen LogP contribution in [0.3, 0.4) is 0 Å². The lowest BCUT2D eigenvalue weighted by atomic mass is 10.1. The van der Waals surface area contributed by atoms with Gasteiger partial charge in [-0.05, 0) is 19.7 Å². The molecule has 3 rings (SSSR count). The maximum Gasteiger partial charge on any atom is 0.317 e. The first-order chi connectivity index (χ1) is 11.8. The van der Waals surface area contributed by atoms with Gasteiger partial charge in [-0.25, -0.2) is 13.6 Å². The number of urea groups is 1. The molecule has 138 valence electrons. The number of nitrogens with one attached hydrogen (secondary N) is 1. The number of amides is 2. The molecule has 2 amide bonds. The second kappa shape index (κ2) is 7.25. The number of halogens is 2. The van der Waals surface area contributed by atoms with Crippen molar-refractivity contribution in [2.75, 3.05) is 40.3 Å². The quantitative estimate of drug-likeness (QED) is 0.879. The molecule has 2 fully saturated rings.